The first-order valence-electron chi connectivity index (χ1n) is 14.1. The molecule has 0 aliphatic rings. The maximum absolute atomic E-state index is 6.11. The summed E-state index contributed by atoms with van der Waals surface area (Å²) < 4.78 is 11.5. The summed E-state index contributed by atoms with van der Waals surface area (Å²) >= 11 is 0. The third kappa shape index (κ3) is 19.1. The second-order valence-electron chi connectivity index (χ2n) is 9.94. The number of methoxy groups -OCH3 is 1. The number of ether oxygens (including phenoxy) is 2. The van der Waals surface area contributed by atoms with E-state index in [0.29, 0.717) is 13.2 Å². The van der Waals surface area contributed by atoms with Crippen molar-refractivity contribution in [1.29, 1.82) is 0 Å². The molecule has 0 aromatic heterocycles. The number of nitrogens with zero attached hydrogens (tertiary/aromatic N) is 1. The molecule has 1 aromatic carbocycles. The normalized spacial score (nSPS) is 12.5. The largest absolute Gasteiger partial charge is 0.382 e. The van der Waals surface area contributed by atoms with E-state index in [2.05, 4.69) is 43.1 Å². The smallest absolute Gasteiger partial charge is 0.0939 e. The summed E-state index contributed by atoms with van der Waals surface area (Å²) in [5.74, 6) is 0. The van der Waals surface area contributed by atoms with Crippen LogP contribution < -0.4 is 0 Å². The molecule has 33 heavy (non-hydrogen) atoms. The fourth-order valence-corrected chi connectivity index (χ4v) is 4.50. The molecule has 0 saturated heterocycles. The first kappa shape index (κ1) is 30.1. The standard InChI is InChI=1S/C30H55NO2/c1-4-5-6-7-8-9-10-11-12-13-14-15-16-17-18-22-25-31(2)26-30(28-32-3)33-27-29-23-20-19-21-24-29/h19-21,23-24,30H,4-18,22,25-28H2,1-3H3. The van der Waals surface area contributed by atoms with Gasteiger partial charge in [0.15, 0.2) is 0 Å². The van der Waals surface area contributed by atoms with E-state index in [9.17, 15) is 0 Å². The van der Waals surface area contributed by atoms with Gasteiger partial charge in [-0.3, -0.25) is 0 Å². The maximum Gasteiger partial charge on any atom is 0.0939 e. The molecule has 0 spiro atoms. The highest BCUT2D eigenvalue weighted by Crippen LogP contribution is 2.14. The van der Waals surface area contributed by atoms with E-state index >= 15 is 0 Å². The van der Waals surface area contributed by atoms with Gasteiger partial charge in [0.05, 0.1) is 19.3 Å². The minimum absolute atomic E-state index is 0.126. The van der Waals surface area contributed by atoms with Gasteiger partial charge in [0.25, 0.3) is 0 Å². The number of rotatable bonds is 24. The summed E-state index contributed by atoms with van der Waals surface area (Å²) in [6.45, 7) is 5.67. The lowest BCUT2D eigenvalue weighted by Crippen LogP contribution is -2.34. The molecule has 0 aliphatic heterocycles. The Labute approximate surface area is 206 Å². The van der Waals surface area contributed by atoms with Crippen molar-refractivity contribution in [2.75, 3.05) is 33.9 Å². The zero-order chi connectivity index (χ0) is 23.8. The van der Waals surface area contributed by atoms with Crippen LogP contribution in [0.5, 0.6) is 0 Å². The summed E-state index contributed by atoms with van der Waals surface area (Å²) in [6, 6.07) is 10.4. The molecule has 0 saturated carbocycles. The Morgan fingerprint density at radius 3 is 1.67 bits per heavy atom. The highest BCUT2D eigenvalue weighted by molar-refractivity contribution is 5.13. The number of unbranched alkanes of at least 4 members (excludes halogenated alkanes) is 15. The monoisotopic (exact) mass is 461 g/mol. The minimum Gasteiger partial charge on any atom is -0.382 e. The van der Waals surface area contributed by atoms with Crippen molar-refractivity contribution >= 4 is 0 Å². The molecule has 3 heteroatoms. The first-order valence-corrected chi connectivity index (χ1v) is 14.1. The van der Waals surface area contributed by atoms with E-state index in [0.717, 1.165) is 13.1 Å². The highest BCUT2D eigenvalue weighted by atomic mass is 16.5. The predicted molar refractivity (Wildman–Crippen MR) is 144 cm³/mol. The van der Waals surface area contributed by atoms with E-state index in [4.69, 9.17) is 9.47 Å². The molecule has 1 aromatic rings. The molecular formula is C30H55NO2. The van der Waals surface area contributed by atoms with Crippen molar-refractivity contribution < 1.29 is 9.47 Å². The predicted octanol–water partition coefficient (Wildman–Crippen LogP) is 8.41. The third-order valence-electron chi connectivity index (χ3n) is 6.59. The van der Waals surface area contributed by atoms with Crippen LogP contribution in [0.3, 0.4) is 0 Å². The zero-order valence-electron chi connectivity index (χ0n) is 22.4. The van der Waals surface area contributed by atoms with E-state index in [1.165, 1.54) is 108 Å². The van der Waals surface area contributed by atoms with Gasteiger partial charge in [0.1, 0.15) is 0 Å². The van der Waals surface area contributed by atoms with Gasteiger partial charge in [-0.15, -0.1) is 0 Å². The second-order valence-corrected chi connectivity index (χ2v) is 9.94. The van der Waals surface area contributed by atoms with Gasteiger partial charge in [0, 0.05) is 13.7 Å². The molecule has 192 valence electrons. The molecule has 0 N–H and O–H groups in total. The molecule has 3 nitrogen and oxygen atoms in total. The molecule has 0 amide bonds. The van der Waals surface area contributed by atoms with Crippen LogP contribution in [0.4, 0.5) is 0 Å². The number of hydrogen-bond donors (Lipinski definition) is 0. The lowest BCUT2D eigenvalue weighted by Gasteiger charge is -2.24. The zero-order valence-corrected chi connectivity index (χ0v) is 22.4. The first-order chi connectivity index (χ1) is 16.3. The van der Waals surface area contributed by atoms with Crippen molar-refractivity contribution in [1.82, 2.24) is 4.90 Å². The third-order valence-corrected chi connectivity index (χ3v) is 6.59. The molecule has 0 aliphatic carbocycles. The van der Waals surface area contributed by atoms with Gasteiger partial charge in [-0.2, -0.15) is 0 Å². The average molecular weight is 462 g/mol. The van der Waals surface area contributed by atoms with Crippen LogP contribution in [-0.4, -0.2) is 44.9 Å². The van der Waals surface area contributed by atoms with Gasteiger partial charge in [-0.1, -0.05) is 134 Å². The fourth-order valence-electron chi connectivity index (χ4n) is 4.50. The van der Waals surface area contributed by atoms with Gasteiger partial charge in [-0.25, -0.2) is 0 Å². The maximum atomic E-state index is 6.11. The van der Waals surface area contributed by atoms with Gasteiger partial charge in [0.2, 0.25) is 0 Å². The van der Waals surface area contributed by atoms with E-state index in [1.54, 1.807) is 7.11 Å². The van der Waals surface area contributed by atoms with Crippen LogP contribution in [0, 0.1) is 0 Å². The van der Waals surface area contributed by atoms with Crippen LogP contribution in [0.2, 0.25) is 0 Å². The lowest BCUT2D eigenvalue weighted by atomic mass is 10.0. The Morgan fingerprint density at radius 1 is 0.697 bits per heavy atom. The Hall–Kier alpha value is -0.900. The van der Waals surface area contributed by atoms with Crippen LogP contribution in [-0.2, 0) is 16.1 Å². The Kier molecular flexibility index (Phi) is 20.9. The van der Waals surface area contributed by atoms with Crippen molar-refractivity contribution in [3.63, 3.8) is 0 Å². The molecule has 1 unspecified atom stereocenters. The summed E-state index contributed by atoms with van der Waals surface area (Å²) in [7, 11) is 3.97. The van der Waals surface area contributed by atoms with Gasteiger partial charge >= 0.3 is 0 Å². The Balaban J connectivity index is 1.90. The highest BCUT2D eigenvalue weighted by Gasteiger charge is 2.12. The van der Waals surface area contributed by atoms with Crippen molar-refractivity contribution in [3.05, 3.63) is 35.9 Å². The SMILES string of the molecule is CCCCCCCCCCCCCCCCCCN(C)CC(COC)OCc1ccccc1. The quantitative estimate of drug-likeness (QED) is 0.144. The topological polar surface area (TPSA) is 21.7 Å². The summed E-state index contributed by atoms with van der Waals surface area (Å²) in [4.78, 5) is 2.40. The van der Waals surface area contributed by atoms with Gasteiger partial charge < -0.3 is 14.4 Å². The summed E-state index contributed by atoms with van der Waals surface area (Å²) in [5.41, 5.74) is 1.22. The lowest BCUT2D eigenvalue weighted by molar-refractivity contribution is -0.0257. The van der Waals surface area contributed by atoms with Crippen LogP contribution in [0.15, 0.2) is 30.3 Å². The molecule has 0 fully saturated rings. The molecular weight excluding hydrogens is 406 g/mol. The summed E-state index contributed by atoms with van der Waals surface area (Å²) in [6.07, 6.45) is 22.9. The van der Waals surface area contributed by atoms with Crippen molar-refractivity contribution in [2.45, 2.75) is 122 Å². The van der Waals surface area contributed by atoms with Gasteiger partial charge in [-0.05, 0) is 25.6 Å². The molecule has 0 radical (unpaired) electrons. The Bertz CT molecular complexity index is 507. The number of benzene rings is 1. The second kappa shape index (κ2) is 22.9. The van der Waals surface area contributed by atoms with E-state index in [1.807, 2.05) is 6.07 Å². The van der Waals surface area contributed by atoms with E-state index in [-0.39, 0.29) is 6.10 Å². The summed E-state index contributed by atoms with van der Waals surface area (Å²) in [5, 5.41) is 0. The Morgan fingerprint density at radius 2 is 1.18 bits per heavy atom. The van der Waals surface area contributed by atoms with Crippen LogP contribution in [0.25, 0.3) is 0 Å². The number of hydrogen-bond acceptors (Lipinski definition) is 3. The van der Waals surface area contributed by atoms with E-state index < -0.39 is 0 Å². The number of likely N-dealkylation sites (N-methyl/N-ethyl adjacent to an activating group) is 1. The van der Waals surface area contributed by atoms with Crippen LogP contribution in [0.1, 0.15) is 115 Å². The van der Waals surface area contributed by atoms with Crippen LogP contribution >= 0.6 is 0 Å². The fraction of sp³-hybridized carbons (Fsp3) is 0.800. The molecule has 1 atom stereocenters. The average Bonchev–Trinajstić information content (AvgIpc) is 2.83. The molecule has 0 heterocycles. The molecule has 0 bridgehead atoms. The minimum atomic E-state index is 0.126. The van der Waals surface area contributed by atoms with Crippen molar-refractivity contribution in [3.8, 4) is 0 Å². The van der Waals surface area contributed by atoms with Crippen molar-refractivity contribution in [2.24, 2.45) is 0 Å². The molecule has 1 rings (SSSR count).